The van der Waals surface area contributed by atoms with Gasteiger partial charge in [-0.25, -0.2) is 4.98 Å². The van der Waals surface area contributed by atoms with Crippen LogP contribution in [0, 0.1) is 0 Å². The molecular formula is C12H11Cl2N3O3. The Labute approximate surface area is 125 Å². The summed E-state index contributed by atoms with van der Waals surface area (Å²) in [7, 11) is 0. The van der Waals surface area contributed by atoms with Gasteiger partial charge in [0.1, 0.15) is 17.7 Å². The summed E-state index contributed by atoms with van der Waals surface area (Å²) in [5.74, 6) is -1.54. The van der Waals surface area contributed by atoms with E-state index in [-0.39, 0.29) is 22.3 Å². The molecule has 1 unspecified atom stereocenters. The number of pyridine rings is 1. The van der Waals surface area contributed by atoms with E-state index in [9.17, 15) is 14.4 Å². The molecule has 1 aliphatic heterocycles. The quantitative estimate of drug-likeness (QED) is 0.658. The first-order chi connectivity index (χ1) is 9.43. The fourth-order valence-electron chi connectivity index (χ4n) is 2.02. The van der Waals surface area contributed by atoms with Gasteiger partial charge in [0.2, 0.25) is 11.8 Å². The van der Waals surface area contributed by atoms with E-state index in [0.29, 0.717) is 6.42 Å². The van der Waals surface area contributed by atoms with Crippen LogP contribution in [-0.2, 0) is 9.59 Å². The summed E-state index contributed by atoms with van der Waals surface area (Å²) < 4.78 is 0. The highest BCUT2D eigenvalue weighted by atomic mass is 35.5. The number of amides is 3. The molecule has 1 fully saturated rings. The summed E-state index contributed by atoms with van der Waals surface area (Å²) in [6.07, 6.45) is 1.64. The SMILES string of the molecule is CCC1C(=O)NC(=O)CN1C(=O)c1cc(Cl)ncc1Cl. The molecule has 0 bridgehead atoms. The number of carbonyl (C=O) groups excluding carboxylic acids is 3. The van der Waals surface area contributed by atoms with E-state index in [1.807, 2.05) is 0 Å². The van der Waals surface area contributed by atoms with Crippen LogP contribution in [0.1, 0.15) is 23.7 Å². The second kappa shape index (κ2) is 5.76. The summed E-state index contributed by atoms with van der Waals surface area (Å²) >= 11 is 11.7. The maximum absolute atomic E-state index is 12.5. The Kier molecular flexibility index (Phi) is 4.25. The first-order valence-electron chi connectivity index (χ1n) is 5.89. The molecule has 1 aromatic rings. The first-order valence-corrected chi connectivity index (χ1v) is 6.65. The van der Waals surface area contributed by atoms with Gasteiger partial charge in [-0.1, -0.05) is 30.1 Å². The molecule has 2 heterocycles. The molecule has 3 amide bonds. The minimum absolute atomic E-state index is 0.110. The molecule has 1 aliphatic rings. The number of rotatable bonds is 2. The Morgan fingerprint density at radius 2 is 2.20 bits per heavy atom. The highest BCUT2D eigenvalue weighted by Gasteiger charge is 2.36. The summed E-state index contributed by atoms with van der Waals surface area (Å²) in [5.41, 5.74) is 0.118. The molecule has 106 valence electrons. The largest absolute Gasteiger partial charge is 0.317 e. The van der Waals surface area contributed by atoms with E-state index in [1.54, 1.807) is 6.92 Å². The average Bonchev–Trinajstić information content (AvgIpc) is 2.40. The third kappa shape index (κ3) is 2.76. The second-order valence-corrected chi connectivity index (χ2v) is 5.05. The van der Waals surface area contributed by atoms with Gasteiger partial charge in [0.05, 0.1) is 10.6 Å². The molecule has 0 saturated carbocycles. The van der Waals surface area contributed by atoms with Gasteiger partial charge in [0.15, 0.2) is 0 Å². The van der Waals surface area contributed by atoms with E-state index >= 15 is 0 Å². The van der Waals surface area contributed by atoms with Gasteiger partial charge in [0.25, 0.3) is 5.91 Å². The molecule has 6 nitrogen and oxygen atoms in total. The van der Waals surface area contributed by atoms with Crippen molar-refractivity contribution < 1.29 is 14.4 Å². The number of piperazine rings is 1. The van der Waals surface area contributed by atoms with Gasteiger partial charge in [-0.15, -0.1) is 0 Å². The zero-order chi connectivity index (χ0) is 14.9. The molecule has 20 heavy (non-hydrogen) atoms. The Hall–Kier alpha value is -1.66. The maximum atomic E-state index is 12.5. The van der Waals surface area contributed by atoms with Crippen LogP contribution in [0.15, 0.2) is 12.3 Å². The van der Waals surface area contributed by atoms with Crippen LogP contribution < -0.4 is 5.32 Å². The van der Waals surface area contributed by atoms with Crippen LogP contribution in [0.5, 0.6) is 0 Å². The molecule has 0 aliphatic carbocycles. The van der Waals surface area contributed by atoms with Crippen LogP contribution in [0.2, 0.25) is 10.2 Å². The van der Waals surface area contributed by atoms with Crippen LogP contribution in [0.25, 0.3) is 0 Å². The Morgan fingerprint density at radius 1 is 1.50 bits per heavy atom. The zero-order valence-corrected chi connectivity index (χ0v) is 12.0. The van der Waals surface area contributed by atoms with E-state index < -0.39 is 23.8 Å². The molecule has 1 atom stereocenters. The van der Waals surface area contributed by atoms with Crippen molar-refractivity contribution in [3.63, 3.8) is 0 Å². The first kappa shape index (κ1) is 14.7. The van der Waals surface area contributed by atoms with Crippen molar-refractivity contribution in [2.45, 2.75) is 19.4 Å². The molecule has 8 heteroatoms. The van der Waals surface area contributed by atoms with Gasteiger partial charge < -0.3 is 4.90 Å². The van der Waals surface area contributed by atoms with Crippen LogP contribution >= 0.6 is 23.2 Å². The van der Waals surface area contributed by atoms with Gasteiger partial charge in [-0.3, -0.25) is 19.7 Å². The minimum Gasteiger partial charge on any atom is -0.317 e. The lowest BCUT2D eigenvalue weighted by Crippen LogP contribution is -2.59. The Bertz CT molecular complexity index is 591. The number of hydrogen-bond donors (Lipinski definition) is 1. The minimum atomic E-state index is -0.705. The highest BCUT2D eigenvalue weighted by Crippen LogP contribution is 2.22. The zero-order valence-electron chi connectivity index (χ0n) is 10.5. The summed E-state index contributed by atoms with van der Waals surface area (Å²) in [4.78, 5) is 40.6. The highest BCUT2D eigenvalue weighted by molar-refractivity contribution is 6.35. The number of nitrogens with zero attached hydrogens (tertiary/aromatic N) is 2. The lowest BCUT2D eigenvalue weighted by molar-refractivity contribution is -0.138. The van der Waals surface area contributed by atoms with Crippen LogP contribution in [0.3, 0.4) is 0 Å². The summed E-state index contributed by atoms with van der Waals surface area (Å²) in [6.45, 7) is 1.56. The van der Waals surface area contributed by atoms with Crippen molar-refractivity contribution >= 4 is 40.9 Å². The number of carbonyl (C=O) groups is 3. The molecule has 1 saturated heterocycles. The van der Waals surface area contributed by atoms with Crippen molar-refractivity contribution in [1.29, 1.82) is 0 Å². The fraction of sp³-hybridized carbons (Fsp3) is 0.333. The molecule has 0 spiro atoms. The number of imide groups is 1. The Balaban J connectivity index is 2.37. The predicted molar refractivity (Wildman–Crippen MR) is 72.5 cm³/mol. The Morgan fingerprint density at radius 3 is 2.85 bits per heavy atom. The number of halogens is 2. The standard InChI is InChI=1S/C12H11Cl2N3O3/c1-2-8-11(19)16-10(18)5-17(8)12(20)6-3-9(14)15-4-7(6)13/h3-4,8H,2,5H2,1H3,(H,16,18,19). The van der Waals surface area contributed by atoms with Crippen molar-refractivity contribution in [3.8, 4) is 0 Å². The van der Waals surface area contributed by atoms with Gasteiger partial charge in [0, 0.05) is 6.20 Å². The predicted octanol–water partition coefficient (Wildman–Crippen LogP) is 1.27. The van der Waals surface area contributed by atoms with E-state index in [0.717, 1.165) is 0 Å². The number of hydrogen-bond acceptors (Lipinski definition) is 4. The molecule has 0 aromatic carbocycles. The summed E-state index contributed by atoms with van der Waals surface area (Å²) in [5, 5.41) is 2.43. The normalized spacial score (nSPS) is 18.9. The maximum Gasteiger partial charge on any atom is 0.256 e. The monoisotopic (exact) mass is 315 g/mol. The van der Waals surface area contributed by atoms with Crippen molar-refractivity contribution in [2.24, 2.45) is 0 Å². The molecule has 0 radical (unpaired) electrons. The van der Waals surface area contributed by atoms with Crippen molar-refractivity contribution in [3.05, 3.63) is 28.0 Å². The fourth-order valence-corrected chi connectivity index (χ4v) is 2.36. The number of nitrogens with one attached hydrogen (secondary N) is 1. The van der Waals surface area contributed by atoms with E-state index in [2.05, 4.69) is 10.3 Å². The van der Waals surface area contributed by atoms with Gasteiger partial charge in [-0.2, -0.15) is 0 Å². The second-order valence-electron chi connectivity index (χ2n) is 4.26. The molecule has 1 N–H and O–H groups in total. The molecular weight excluding hydrogens is 305 g/mol. The van der Waals surface area contributed by atoms with Crippen molar-refractivity contribution in [1.82, 2.24) is 15.2 Å². The van der Waals surface area contributed by atoms with E-state index in [4.69, 9.17) is 23.2 Å². The number of aromatic nitrogens is 1. The molecule has 1 aromatic heterocycles. The summed E-state index contributed by atoms with van der Waals surface area (Å²) in [6, 6.07) is 0.610. The third-order valence-electron chi connectivity index (χ3n) is 2.96. The average molecular weight is 316 g/mol. The van der Waals surface area contributed by atoms with Crippen LogP contribution in [0.4, 0.5) is 0 Å². The molecule has 2 rings (SSSR count). The smallest absolute Gasteiger partial charge is 0.256 e. The van der Waals surface area contributed by atoms with Crippen molar-refractivity contribution in [2.75, 3.05) is 6.54 Å². The van der Waals surface area contributed by atoms with Crippen LogP contribution in [-0.4, -0.2) is 40.2 Å². The lowest BCUT2D eigenvalue weighted by atomic mass is 10.1. The van der Waals surface area contributed by atoms with E-state index in [1.165, 1.54) is 17.2 Å². The van der Waals surface area contributed by atoms with Gasteiger partial charge >= 0.3 is 0 Å². The third-order valence-corrected chi connectivity index (χ3v) is 3.46. The van der Waals surface area contributed by atoms with Gasteiger partial charge in [-0.05, 0) is 12.5 Å². The topological polar surface area (TPSA) is 79.4 Å². The lowest BCUT2D eigenvalue weighted by Gasteiger charge is -2.33.